The summed E-state index contributed by atoms with van der Waals surface area (Å²) in [6, 6.07) is 11.3. The molecule has 2 aromatic carbocycles. The Hall–Kier alpha value is -2.92. The number of aliphatic carboxylic acids is 1. The van der Waals surface area contributed by atoms with Gasteiger partial charge >= 0.3 is 35.6 Å². The first kappa shape index (κ1) is 34.9. The molecule has 1 fully saturated rings. The van der Waals surface area contributed by atoms with Gasteiger partial charge in [0.2, 0.25) is 5.91 Å². The van der Waals surface area contributed by atoms with Crippen molar-refractivity contribution in [2.24, 2.45) is 0 Å². The molecular formula is C28H24ClN6NaO6S3. The molecule has 0 bridgehead atoms. The number of carboxylic acid groups (broad SMARTS) is 1. The largest absolute Gasteiger partial charge is 1.00 e. The van der Waals surface area contributed by atoms with Crippen LogP contribution in [-0.2, 0) is 20.8 Å². The van der Waals surface area contributed by atoms with Gasteiger partial charge in [-0.05, 0) is 36.3 Å². The summed E-state index contributed by atoms with van der Waals surface area (Å²) in [6.07, 6.45) is -0.188. The van der Waals surface area contributed by atoms with Gasteiger partial charge in [0.15, 0.2) is 4.34 Å². The van der Waals surface area contributed by atoms with Crippen molar-refractivity contribution in [3.05, 3.63) is 81.0 Å². The minimum atomic E-state index is -1.46. The fraction of sp³-hybridized carbons (Fsp3) is 0.250. The van der Waals surface area contributed by atoms with Gasteiger partial charge < -0.3 is 20.5 Å². The van der Waals surface area contributed by atoms with Crippen LogP contribution in [0.15, 0.2) is 64.1 Å². The molecule has 5 rings (SSSR count). The number of aryl methyl sites for hydroxylation is 1. The van der Waals surface area contributed by atoms with Crippen molar-refractivity contribution in [3.63, 3.8) is 0 Å². The first-order valence-corrected chi connectivity index (χ1v) is 16.3. The summed E-state index contributed by atoms with van der Waals surface area (Å²) in [4.78, 5) is 65.8. The van der Waals surface area contributed by atoms with Crippen molar-refractivity contribution in [2.45, 2.75) is 29.1 Å². The molecule has 17 heteroatoms. The predicted molar refractivity (Wildman–Crippen MR) is 165 cm³/mol. The number of fused-ring (bicyclic) bond motifs is 1. The van der Waals surface area contributed by atoms with Gasteiger partial charge in [-0.15, -0.1) is 22.0 Å². The number of nitrogens with one attached hydrogen (secondary N) is 2. The van der Waals surface area contributed by atoms with Crippen LogP contribution in [0.4, 0.5) is 10.5 Å². The molecule has 12 nitrogen and oxygen atoms in total. The number of benzene rings is 2. The van der Waals surface area contributed by atoms with Gasteiger partial charge in [-0.25, -0.2) is 4.79 Å². The van der Waals surface area contributed by atoms with Crippen LogP contribution in [-0.4, -0.2) is 79.7 Å². The maximum atomic E-state index is 13.1. The summed E-state index contributed by atoms with van der Waals surface area (Å²) in [6.45, 7) is 1.82. The number of carbonyl (C=O) groups is 5. The van der Waals surface area contributed by atoms with E-state index in [-0.39, 0.29) is 52.3 Å². The van der Waals surface area contributed by atoms with E-state index < -0.39 is 41.1 Å². The van der Waals surface area contributed by atoms with E-state index in [0.717, 1.165) is 14.8 Å². The average molecular weight is 695 g/mol. The third-order valence-electron chi connectivity index (χ3n) is 6.76. The molecule has 228 valence electrons. The Morgan fingerprint density at radius 3 is 2.53 bits per heavy atom. The van der Waals surface area contributed by atoms with E-state index in [1.165, 1.54) is 48.0 Å². The monoisotopic (exact) mass is 694 g/mol. The number of hydrogen-bond donors (Lipinski definition) is 2. The maximum absolute atomic E-state index is 13.1. The number of nitrogens with zero attached hydrogens (tertiary/aromatic N) is 4. The number of para-hydroxylation sites is 1. The van der Waals surface area contributed by atoms with E-state index >= 15 is 0 Å². The van der Waals surface area contributed by atoms with Crippen molar-refractivity contribution >= 4 is 81.9 Å². The average Bonchev–Trinajstić information content (AvgIpc) is 3.43. The van der Waals surface area contributed by atoms with Gasteiger partial charge in [-0.1, -0.05) is 65.0 Å². The quantitative estimate of drug-likeness (QED) is 0.170. The molecule has 2 aliphatic rings. The van der Waals surface area contributed by atoms with Crippen LogP contribution < -0.4 is 45.3 Å². The minimum Gasteiger partial charge on any atom is -0.543 e. The molecular weight excluding hydrogens is 671 g/mol. The molecule has 2 atom stereocenters. The summed E-state index contributed by atoms with van der Waals surface area (Å²) in [5.41, 5.74) is 1.26. The van der Waals surface area contributed by atoms with E-state index in [4.69, 9.17) is 11.6 Å². The van der Waals surface area contributed by atoms with Gasteiger partial charge in [0.05, 0.1) is 28.7 Å². The normalized spacial score (nSPS) is 17.0. The number of carbonyl (C=O) groups excluding carboxylic acids is 5. The van der Waals surface area contributed by atoms with Crippen molar-refractivity contribution in [2.75, 3.05) is 23.9 Å². The second-order valence-corrected chi connectivity index (χ2v) is 13.6. The third-order valence-corrected chi connectivity index (χ3v) is 10.5. The topological polar surface area (TPSA) is 165 Å². The summed E-state index contributed by atoms with van der Waals surface area (Å²) < 4.78 is 0.690. The molecule has 0 saturated carbocycles. The first-order chi connectivity index (χ1) is 21.0. The number of aromatic nitrogens is 2. The molecule has 1 saturated heterocycles. The molecule has 5 amide bonds. The Morgan fingerprint density at radius 1 is 1.13 bits per heavy atom. The van der Waals surface area contributed by atoms with E-state index in [1.54, 1.807) is 42.5 Å². The minimum absolute atomic E-state index is 0. The van der Waals surface area contributed by atoms with Crippen molar-refractivity contribution < 1.29 is 58.6 Å². The zero-order valence-corrected chi connectivity index (χ0v) is 29.4. The molecule has 0 radical (unpaired) electrons. The van der Waals surface area contributed by atoms with Gasteiger partial charge in [0.1, 0.15) is 16.4 Å². The molecule has 0 spiro atoms. The number of anilines is 1. The molecule has 1 aromatic heterocycles. The smallest absolute Gasteiger partial charge is 0.543 e. The van der Waals surface area contributed by atoms with E-state index in [0.29, 0.717) is 32.7 Å². The zero-order chi connectivity index (χ0) is 31.5. The molecule has 2 N–H and O–H groups in total. The number of halogens is 1. The van der Waals surface area contributed by atoms with Gasteiger partial charge in [-0.2, -0.15) is 0 Å². The van der Waals surface area contributed by atoms with E-state index in [9.17, 15) is 29.1 Å². The molecule has 1 unspecified atom stereocenters. The number of β-lactam (4-membered cyclic amide) rings is 1. The Bertz CT molecular complexity index is 1700. The molecule has 45 heavy (non-hydrogen) atoms. The second-order valence-electron chi connectivity index (χ2n) is 9.68. The van der Waals surface area contributed by atoms with Crippen LogP contribution in [0.3, 0.4) is 0 Å². The second kappa shape index (κ2) is 15.1. The Labute approximate surface area is 297 Å². The first-order valence-electron chi connectivity index (χ1n) is 13.1. The number of carboxylic acids is 1. The van der Waals surface area contributed by atoms with Crippen LogP contribution in [0, 0.1) is 6.92 Å². The summed E-state index contributed by atoms with van der Waals surface area (Å²) in [7, 11) is 1.31. The van der Waals surface area contributed by atoms with Crippen LogP contribution in [0.1, 0.15) is 20.9 Å². The summed E-state index contributed by atoms with van der Waals surface area (Å²) >= 11 is 10.2. The summed E-state index contributed by atoms with van der Waals surface area (Å²) in [5, 5.41) is 25.8. The number of hydrogen-bond acceptors (Lipinski definition) is 11. The van der Waals surface area contributed by atoms with Gasteiger partial charge in [0, 0.05) is 24.2 Å². The SMILES string of the molecule is Cc1nnc(SCC2=C(C(=O)[O-])N3C(=O)C(NC(=O)Cc4ccccc4NC(=O)N(C)C(=O)c4ccccc4Cl)[C@H]3SC2)s1.[Na+]. The van der Waals surface area contributed by atoms with Crippen LogP contribution in [0.25, 0.3) is 0 Å². The summed E-state index contributed by atoms with van der Waals surface area (Å²) in [5.74, 6) is -2.48. The van der Waals surface area contributed by atoms with Crippen LogP contribution in [0.5, 0.6) is 0 Å². The van der Waals surface area contributed by atoms with Gasteiger partial charge in [0.25, 0.3) is 11.8 Å². The fourth-order valence-corrected chi connectivity index (χ4v) is 8.09. The number of thioether (sulfide) groups is 2. The van der Waals surface area contributed by atoms with Crippen molar-refractivity contribution in [1.82, 2.24) is 25.3 Å². The zero-order valence-electron chi connectivity index (χ0n) is 24.2. The third kappa shape index (κ3) is 7.73. The standard InChI is InChI=1S/C28H25ClN6O6S3.Na/c1-14-32-33-28(44-14)43-13-16-12-42-25-21(24(38)35(25)22(16)26(39)40)31-20(36)11-15-7-3-6-10-19(15)30-27(41)34(2)23(37)17-8-4-5-9-18(17)29;/h3-10,21,25H,11-13H2,1-2H3,(H,30,41)(H,31,36)(H,39,40);/q;+1/p-1/t21?,25-;/m1./s1. The molecule has 3 aromatic rings. The van der Waals surface area contributed by atoms with E-state index in [1.807, 2.05) is 6.92 Å². The van der Waals surface area contributed by atoms with Crippen LogP contribution in [0.2, 0.25) is 5.02 Å². The Balaban J connectivity index is 0.00000461. The predicted octanol–water partition coefficient (Wildman–Crippen LogP) is -0.453. The maximum Gasteiger partial charge on any atom is 1.00 e. The Kier molecular flexibility index (Phi) is 11.7. The van der Waals surface area contributed by atoms with Crippen molar-refractivity contribution in [1.29, 1.82) is 0 Å². The Morgan fingerprint density at radius 2 is 1.84 bits per heavy atom. The number of urea groups is 1. The molecule has 0 aliphatic carbocycles. The number of amides is 5. The van der Waals surface area contributed by atoms with E-state index in [2.05, 4.69) is 20.8 Å². The molecule has 3 heterocycles. The van der Waals surface area contributed by atoms with Gasteiger partial charge in [-0.3, -0.25) is 24.2 Å². The van der Waals surface area contributed by atoms with Crippen LogP contribution >= 0.6 is 46.5 Å². The number of rotatable bonds is 9. The van der Waals surface area contributed by atoms with Crippen molar-refractivity contribution in [3.8, 4) is 0 Å². The number of imide groups is 1. The molecule has 2 aliphatic heterocycles. The fourth-order valence-electron chi connectivity index (χ4n) is 4.57.